The Kier molecular flexibility index (Phi) is 3.62. The lowest BCUT2D eigenvalue weighted by atomic mass is 10.1. The molecule has 0 bridgehead atoms. The maximum Gasteiger partial charge on any atom is 0.253 e. The predicted molar refractivity (Wildman–Crippen MR) is 44.0 cm³/mol. The van der Waals surface area contributed by atoms with Crippen molar-refractivity contribution in [1.82, 2.24) is 0 Å². The Balaban J connectivity index is 2.91. The van der Waals surface area contributed by atoms with Gasteiger partial charge in [0.1, 0.15) is 5.82 Å². The van der Waals surface area contributed by atoms with Crippen molar-refractivity contribution in [1.29, 1.82) is 0 Å². The maximum atomic E-state index is 12.9. The minimum absolute atomic E-state index is 0.308. The average molecular weight is 225 g/mol. The van der Waals surface area contributed by atoms with E-state index in [1.807, 2.05) is 0 Å². The van der Waals surface area contributed by atoms with Crippen LogP contribution in [0.3, 0.4) is 0 Å². The second kappa shape index (κ2) is 4.57. The normalized spacial score (nSPS) is 13.3. The van der Waals surface area contributed by atoms with Crippen LogP contribution >= 0.6 is 0 Å². The van der Waals surface area contributed by atoms with Gasteiger partial charge in [0.15, 0.2) is 11.6 Å². The molecule has 6 heteroatoms. The number of nitrogens with two attached hydrogens (primary N) is 1. The van der Waals surface area contributed by atoms with Gasteiger partial charge in [0, 0.05) is 6.07 Å². The fourth-order valence-corrected chi connectivity index (χ4v) is 1.06. The van der Waals surface area contributed by atoms with Gasteiger partial charge in [-0.25, -0.2) is 22.0 Å². The van der Waals surface area contributed by atoms with Crippen LogP contribution in [-0.4, -0.2) is 12.5 Å². The van der Waals surface area contributed by atoms with E-state index in [1.165, 1.54) is 0 Å². The fourth-order valence-electron chi connectivity index (χ4n) is 1.06. The number of halogens is 5. The first-order chi connectivity index (χ1) is 6.91. The van der Waals surface area contributed by atoms with E-state index < -0.39 is 36.3 Å². The first kappa shape index (κ1) is 11.9. The smallest absolute Gasteiger partial charge is 0.253 e. The van der Waals surface area contributed by atoms with Crippen molar-refractivity contribution in [2.45, 2.75) is 18.9 Å². The lowest BCUT2D eigenvalue weighted by Crippen LogP contribution is -2.31. The number of hydrogen-bond donors (Lipinski definition) is 1. The molecule has 84 valence electrons. The standard InChI is InChI=1S/C9H8F5N/c10-5-3-7(12)6(11)1-4(5)2-8(15)9(13)14/h1,3,8-9H,2,15H2. The average Bonchev–Trinajstić information content (AvgIpc) is 2.13. The van der Waals surface area contributed by atoms with Crippen molar-refractivity contribution in [2.24, 2.45) is 5.73 Å². The maximum absolute atomic E-state index is 12.9. The van der Waals surface area contributed by atoms with Crippen LogP contribution in [0.25, 0.3) is 0 Å². The summed E-state index contributed by atoms with van der Waals surface area (Å²) in [5.41, 5.74) is 4.61. The van der Waals surface area contributed by atoms with E-state index in [2.05, 4.69) is 0 Å². The molecule has 0 heterocycles. The van der Waals surface area contributed by atoms with Crippen LogP contribution < -0.4 is 5.73 Å². The van der Waals surface area contributed by atoms with Gasteiger partial charge in [-0.3, -0.25) is 0 Å². The summed E-state index contributed by atoms with van der Waals surface area (Å²) in [6, 6.07) is -0.750. The molecule has 0 aliphatic rings. The zero-order valence-electron chi connectivity index (χ0n) is 7.48. The van der Waals surface area contributed by atoms with Gasteiger partial charge < -0.3 is 5.73 Å². The summed E-state index contributed by atoms with van der Waals surface area (Å²) in [7, 11) is 0. The highest BCUT2D eigenvalue weighted by atomic mass is 19.3. The van der Waals surface area contributed by atoms with Gasteiger partial charge in [0.05, 0.1) is 6.04 Å². The molecule has 1 unspecified atom stereocenters. The Morgan fingerprint density at radius 2 is 1.53 bits per heavy atom. The molecule has 15 heavy (non-hydrogen) atoms. The zero-order chi connectivity index (χ0) is 11.6. The zero-order valence-corrected chi connectivity index (χ0v) is 7.48. The van der Waals surface area contributed by atoms with Crippen molar-refractivity contribution in [3.05, 3.63) is 35.1 Å². The summed E-state index contributed by atoms with van der Waals surface area (Å²) in [5, 5.41) is 0. The van der Waals surface area contributed by atoms with Crippen LogP contribution in [0.2, 0.25) is 0 Å². The number of rotatable bonds is 3. The molecule has 1 rings (SSSR count). The molecule has 0 saturated heterocycles. The number of alkyl halides is 2. The molecule has 0 saturated carbocycles. The molecule has 0 amide bonds. The Hall–Kier alpha value is -1.17. The fraction of sp³-hybridized carbons (Fsp3) is 0.333. The van der Waals surface area contributed by atoms with E-state index in [4.69, 9.17) is 5.73 Å². The van der Waals surface area contributed by atoms with Gasteiger partial charge >= 0.3 is 0 Å². The molecule has 0 fully saturated rings. The summed E-state index contributed by atoms with van der Waals surface area (Å²) in [6.07, 6.45) is -3.38. The van der Waals surface area contributed by atoms with Gasteiger partial charge in [-0.1, -0.05) is 0 Å². The monoisotopic (exact) mass is 225 g/mol. The van der Waals surface area contributed by atoms with E-state index in [-0.39, 0.29) is 5.56 Å². The lowest BCUT2D eigenvalue weighted by molar-refractivity contribution is 0.115. The first-order valence-electron chi connectivity index (χ1n) is 4.09. The summed E-state index contributed by atoms with van der Waals surface area (Å²) >= 11 is 0. The quantitative estimate of drug-likeness (QED) is 0.619. The molecule has 1 aromatic carbocycles. The van der Waals surface area contributed by atoms with Crippen LogP contribution in [0.4, 0.5) is 22.0 Å². The Morgan fingerprint density at radius 3 is 2.07 bits per heavy atom. The van der Waals surface area contributed by atoms with Gasteiger partial charge in [-0.15, -0.1) is 0 Å². The van der Waals surface area contributed by atoms with E-state index in [9.17, 15) is 22.0 Å². The topological polar surface area (TPSA) is 26.0 Å². The minimum atomic E-state index is -2.84. The molecule has 0 spiro atoms. The Bertz CT molecular complexity index is 353. The van der Waals surface area contributed by atoms with E-state index in [0.717, 1.165) is 0 Å². The number of benzene rings is 1. The van der Waals surface area contributed by atoms with Crippen LogP contribution in [0.1, 0.15) is 5.56 Å². The second-order valence-electron chi connectivity index (χ2n) is 3.06. The van der Waals surface area contributed by atoms with Crippen LogP contribution in [0.5, 0.6) is 0 Å². The molecule has 2 N–H and O–H groups in total. The van der Waals surface area contributed by atoms with Crippen molar-refractivity contribution < 1.29 is 22.0 Å². The molecule has 1 aromatic rings. The summed E-state index contributed by atoms with van der Waals surface area (Å²) in [6.45, 7) is 0. The molecule has 0 aliphatic carbocycles. The predicted octanol–water partition coefficient (Wildman–Crippen LogP) is 2.24. The Labute approximate surface area is 82.7 Å². The highest BCUT2D eigenvalue weighted by Crippen LogP contribution is 2.16. The van der Waals surface area contributed by atoms with Crippen molar-refractivity contribution in [3.63, 3.8) is 0 Å². The lowest BCUT2D eigenvalue weighted by Gasteiger charge is -2.11. The second-order valence-corrected chi connectivity index (χ2v) is 3.06. The molecular weight excluding hydrogens is 217 g/mol. The van der Waals surface area contributed by atoms with Crippen molar-refractivity contribution >= 4 is 0 Å². The molecule has 1 nitrogen and oxygen atoms in total. The van der Waals surface area contributed by atoms with E-state index in [0.29, 0.717) is 12.1 Å². The molecule has 0 radical (unpaired) electrons. The largest absolute Gasteiger partial charge is 0.323 e. The third-order valence-electron chi connectivity index (χ3n) is 1.87. The summed E-state index contributed by atoms with van der Waals surface area (Å²) in [4.78, 5) is 0. The first-order valence-corrected chi connectivity index (χ1v) is 4.09. The van der Waals surface area contributed by atoms with Crippen LogP contribution in [-0.2, 0) is 6.42 Å². The highest BCUT2D eigenvalue weighted by Gasteiger charge is 2.19. The summed E-state index contributed by atoms with van der Waals surface area (Å²) < 4.78 is 62.1. The van der Waals surface area contributed by atoms with Gasteiger partial charge in [0.2, 0.25) is 0 Å². The molecule has 0 aromatic heterocycles. The number of hydrogen-bond acceptors (Lipinski definition) is 1. The van der Waals surface area contributed by atoms with E-state index >= 15 is 0 Å². The van der Waals surface area contributed by atoms with E-state index in [1.54, 1.807) is 0 Å². The van der Waals surface area contributed by atoms with Crippen LogP contribution in [0.15, 0.2) is 12.1 Å². The highest BCUT2D eigenvalue weighted by molar-refractivity contribution is 5.21. The van der Waals surface area contributed by atoms with Gasteiger partial charge in [-0.2, -0.15) is 0 Å². The molecular formula is C9H8F5N. The third kappa shape index (κ3) is 2.89. The van der Waals surface area contributed by atoms with Crippen molar-refractivity contribution in [2.75, 3.05) is 0 Å². The third-order valence-corrected chi connectivity index (χ3v) is 1.87. The minimum Gasteiger partial charge on any atom is -0.323 e. The van der Waals surface area contributed by atoms with Crippen molar-refractivity contribution in [3.8, 4) is 0 Å². The molecule has 1 atom stereocenters. The summed E-state index contributed by atoms with van der Waals surface area (Å²) in [5.74, 6) is -3.72. The van der Waals surface area contributed by atoms with Crippen LogP contribution in [0, 0.1) is 17.5 Å². The van der Waals surface area contributed by atoms with Gasteiger partial charge in [0.25, 0.3) is 6.43 Å². The Morgan fingerprint density at radius 1 is 1.00 bits per heavy atom. The molecule has 0 aliphatic heterocycles. The van der Waals surface area contributed by atoms with Gasteiger partial charge in [-0.05, 0) is 18.1 Å². The SMILES string of the molecule is NC(Cc1cc(F)c(F)cc1F)C(F)F.